The van der Waals surface area contributed by atoms with Gasteiger partial charge in [0.2, 0.25) is 15.9 Å². The molecule has 1 aromatic carbocycles. The van der Waals surface area contributed by atoms with Crippen LogP contribution in [0.4, 0.5) is 5.69 Å². The summed E-state index contributed by atoms with van der Waals surface area (Å²) in [6, 6.07) is 4.72. The molecular formula is C16H24N2O4S. The van der Waals surface area contributed by atoms with Gasteiger partial charge in [-0.05, 0) is 37.5 Å². The van der Waals surface area contributed by atoms with Gasteiger partial charge in [-0.2, -0.15) is 4.31 Å². The number of carbonyl (C=O) groups is 1. The van der Waals surface area contributed by atoms with Crippen LogP contribution in [0.15, 0.2) is 23.1 Å². The van der Waals surface area contributed by atoms with Crippen LogP contribution < -0.4 is 10.1 Å². The number of nitrogens with one attached hydrogen (secondary N) is 1. The normalized spacial score (nSPS) is 16.1. The third-order valence-electron chi connectivity index (χ3n) is 3.86. The second-order valence-corrected chi connectivity index (χ2v) is 7.53. The second kappa shape index (κ2) is 7.79. The maximum atomic E-state index is 12.9. The first-order valence-corrected chi connectivity index (χ1v) is 9.41. The van der Waals surface area contributed by atoms with Gasteiger partial charge in [-0.1, -0.05) is 13.3 Å². The fraction of sp³-hybridized carbons (Fsp3) is 0.562. The number of hydrogen-bond donors (Lipinski definition) is 1. The van der Waals surface area contributed by atoms with Gasteiger partial charge in [0.15, 0.2) is 0 Å². The molecule has 0 unspecified atom stereocenters. The minimum atomic E-state index is -3.62. The van der Waals surface area contributed by atoms with Crippen LogP contribution in [0.5, 0.6) is 5.75 Å². The van der Waals surface area contributed by atoms with Crippen molar-refractivity contribution < 1.29 is 17.9 Å². The maximum absolute atomic E-state index is 12.9. The van der Waals surface area contributed by atoms with Gasteiger partial charge >= 0.3 is 0 Å². The number of methoxy groups -OCH3 is 1. The molecular weight excluding hydrogens is 316 g/mol. The zero-order valence-electron chi connectivity index (χ0n) is 13.7. The average molecular weight is 340 g/mol. The fourth-order valence-corrected chi connectivity index (χ4v) is 4.35. The molecule has 1 fully saturated rings. The molecule has 1 N–H and O–H groups in total. The number of ether oxygens (including phenoxy) is 1. The van der Waals surface area contributed by atoms with Crippen molar-refractivity contribution in [3.05, 3.63) is 18.2 Å². The van der Waals surface area contributed by atoms with Crippen molar-refractivity contribution in [2.24, 2.45) is 0 Å². The van der Waals surface area contributed by atoms with E-state index in [2.05, 4.69) is 5.32 Å². The van der Waals surface area contributed by atoms with Crippen molar-refractivity contribution in [3.63, 3.8) is 0 Å². The molecule has 0 spiro atoms. The molecule has 1 heterocycles. The molecule has 7 heteroatoms. The van der Waals surface area contributed by atoms with E-state index >= 15 is 0 Å². The highest BCUT2D eigenvalue weighted by Crippen LogP contribution is 2.31. The zero-order chi connectivity index (χ0) is 16.9. The fourth-order valence-electron chi connectivity index (χ4n) is 2.65. The van der Waals surface area contributed by atoms with E-state index in [1.165, 1.54) is 17.5 Å². The SMILES string of the molecule is CCCC(=O)Nc1ccc(OC)c(S(=O)(=O)N2CCCCC2)c1. The van der Waals surface area contributed by atoms with Gasteiger partial charge in [0.05, 0.1) is 7.11 Å². The number of anilines is 1. The molecule has 2 rings (SSSR count). The highest BCUT2D eigenvalue weighted by molar-refractivity contribution is 7.89. The summed E-state index contributed by atoms with van der Waals surface area (Å²) >= 11 is 0. The van der Waals surface area contributed by atoms with Crippen molar-refractivity contribution in [1.82, 2.24) is 4.31 Å². The summed E-state index contributed by atoms with van der Waals surface area (Å²) in [5.74, 6) is 0.169. The van der Waals surface area contributed by atoms with Crippen LogP contribution in [0.2, 0.25) is 0 Å². The maximum Gasteiger partial charge on any atom is 0.246 e. The van der Waals surface area contributed by atoms with Gasteiger partial charge < -0.3 is 10.1 Å². The molecule has 1 aromatic rings. The van der Waals surface area contributed by atoms with E-state index in [0.717, 1.165) is 25.7 Å². The lowest BCUT2D eigenvalue weighted by Crippen LogP contribution is -2.35. The summed E-state index contributed by atoms with van der Waals surface area (Å²) in [7, 11) is -2.17. The Kier molecular flexibility index (Phi) is 6.01. The molecule has 1 saturated heterocycles. The minimum absolute atomic E-state index is 0.108. The van der Waals surface area contributed by atoms with Crippen molar-refractivity contribution in [2.45, 2.75) is 43.9 Å². The Balaban J connectivity index is 2.33. The Hall–Kier alpha value is -1.60. The van der Waals surface area contributed by atoms with Crippen molar-refractivity contribution >= 4 is 21.6 Å². The highest BCUT2D eigenvalue weighted by atomic mass is 32.2. The predicted octanol–water partition coefficient (Wildman–Crippen LogP) is 2.61. The number of sulfonamides is 1. The van der Waals surface area contributed by atoms with E-state index < -0.39 is 10.0 Å². The molecule has 1 aliphatic heterocycles. The zero-order valence-corrected chi connectivity index (χ0v) is 14.5. The number of amides is 1. The molecule has 0 saturated carbocycles. The lowest BCUT2D eigenvalue weighted by Gasteiger charge is -2.26. The number of hydrogen-bond acceptors (Lipinski definition) is 4. The second-order valence-electron chi connectivity index (χ2n) is 5.63. The van der Waals surface area contributed by atoms with Crippen LogP contribution in [0, 0.1) is 0 Å². The molecule has 0 aliphatic carbocycles. The summed E-state index contributed by atoms with van der Waals surface area (Å²) in [4.78, 5) is 11.8. The van der Waals surface area contributed by atoms with Crippen LogP contribution in [0.1, 0.15) is 39.0 Å². The van der Waals surface area contributed by atoms with E-state index in [-0.39, 0.29) is 10.8 Å². The van der Waals surface area contributed by atoms with Crippen LogP contribution >= 0.6 is 0 Å². The third-order valence-corrected chi connectivity index (χ3v) is 5.78. The van der Waals surface area contributed by atoms with E-state index in [9.17, 15) is 13.2 Å². The Morgan fingerprint density at radius 1 is 1.26 bits per heavy atom. The number of piperidine rings is 1. The van der Waals surface area contributed by atoms with E-state index in [1.807, 2.05) is 6.92 Å². The summed E-state index contributed by atoms with van der Waals surface area (Å²) in [6.45, 7) is 2.97. The summed E-state index contributed by atoms with van der Waals surface area (Å²) in [5, 5.41) is 2.73. The monoisotopic (exact) mass is 340 g/mol. The number of nitrogens with zero attached hydrogens (tertiary/aromatic N) is 1. The van der Waals surface area contributed by atoms with Crippen LogP contribution in [-0.2, 0) is 14.8 Å². The van der Waals surface area contributed by atoms with Gasteiger partial charge in [0.1, 0.15) is 10.6 Å². The van der Waals surface area contributed by atoms with E-state index in [4.69, 9.17) is 4.74 Å². The predicted molar refractivity (Wildman–Crippen MR) is 89.1 cm³/mol. The quantitative estimate of drug-likeness (QED) is 0.864. The summed E-state index contributed by atoms with van der Waals surface area (Å²) in [5.41, 5.74) is 0.472. The van der Waals surface area contributed by atoms with Crippen molar-refractivity contribution in [2.75, 3.05) is 25.5 Å². The van der Waals surface area contributed by atoms with E-state index in [0.29, 0.717) is 30.9 Å². The number of rotatable bonds is 6. The first-order chi connectivity index (χ1) is 11.0. The largest absolute Gasteiger partial charge is 0.495 e. The Bertz CT molecular complexity index is 652. The van der Waals surface area contributed by atoms with Crippen molar-refractivity contribution in [1.29, 1.82) is 0 Å². The van der Waals surface area contributed by atoms with Gasteiger partial charge in [0, 0.05) is 25.2 Å². The molecule has 1 amide bonds. The van der Waals surface area contributed by atoms with Gasteiger partial charge in [-0.15, -0.1) is 0 Å². The number of carbonyl (C=O) groups excluding carboxylic acids is 1. The lowest BCUT2D eigenvalue weighted by atomic mass is 10.2. The molecule has 6 nitrogen and oxygen atoms in total. The molecule has 1 aliphatic rings. The Labute approximate surface area is 137 Å². The Morgan fingerprint density at radius 3 is 2.57 bits per heavy atom. The van der Waals surface area contributed by atoms with E-state index in [1.54, 1.807) is 12.1 Å². The standard InChI is InChI=1S/C16H24N2O4S/c1-3-7-16(19)17-13-8-9-14(22-2)15(12-13)23(20,21)18-10-5-4-6-11-18/h8-9,12H,3-7,10-11H2,1-2H3,(H,17,19). The van der Waals surface area contributed by atoms with Gasteiger partial charge in [-0.25, -0.2) is 8.42 Å². The first-order valence-electron chi connectivity index (χ1n) is 7.97. The number of benzene rings is 1. The first kappa shape index (κ1) is 17.7. The van der Waals surface area contributed by atoms with Gasteiger partial charge in [-0.3, -0.25) is 4.79 Å². The minimum Gasteiger partial charge on any atom is -0.495 e. The molecule has 128 valence electrons. The Morgan fingerprint density at radius 2 is 1.96 bits per heavy atom. The molecule has 0 atom stereocenters. The molecule has 23 heavy (non-hydrogen) atoms. The smallest absolute Gasteiger partial charge is 0.246 e. The topological polar surface area (TPSA) is 75.7 Å². The summed E-state index contributed by atoms with van der Waals surface area (Å²) < 4.78 is 32.4. The molecule has 0 bridgehead atoms. The molecule has 0 aromatic heterocycles. The van der Waals surface area contributed by atoms with Crippen LogP contribution in [0.3, 0.4) is 0 Å². The average Bonchev–Trinajstić information content (AvgIpc) is 2.56. The van der Waals surface area contributed by atoms with Crippen LogP contribution in [-0.4, -0.2) is 38.8 Å². The van der Waals surface area contributed by atoms with Crippen molar-refractivity contribution in [3.8, 4) is 5.75 Å². The van der Waals surface area contributed by atoms with Gasteiger partial charge in [0.25, 0.3) is 0 Å². The lowest BCUT2D eigenvalue weighted by molar-refractivity contribution is -0.116. The summed E-state index contributed by atoms with van der Waals surface area (Å²) in [6.07, 6.45) is 3.93. The highest BCUT2D eigenvalue weighted by Gasteiger charge is 2.29. The van der Waals surface area contributed by atoms with Crippen LogP contribution in [0.25, 0.3) is 0 Å². The molecule has 0 radical (unpaired) electrons. The third kappa shape index (κ3) is 4.23.